The van der Waals surface area contributed by atoms with Gasteiger partial charge in [-0.15, -0.1) is 0 Å². The minimum atomic E-state index is -0.551. The Kier molecular flexibility index (Phi) is 1.98. The van der Waals surface area contributed by atoms with Crippen LogP contribution in [0.1, 0.15) is 27.2 Å². The van der Waals surface area contributed by atoms with Crippen molar-refractivity contribution in [1.82, 2.24) is 0 Å². The van der Waals surface area contributed by atoms with Crippen LogP contribution in [0.2, 0.25) is 0 Å². The van der Waals surface area contributed by atoms with Gasteiger partial charge < -0.3 is 14.6 Å². The maximum absolute atomic E-state index is 9.65. The molecule has 1 aliphatic heterocycles. The van der Waals surface area contributed by atoms with Crippen LogP contribution in [-0.2, 0) is 9.47 Å². The summed E-state index contributed by atoms with van der Waals surface area (Å²) in [7, 11) is 0. The van der Waals surface area contributed by atoms with Gasteiger partial charge in [0.25, 0.3) is 0 Å². The Bertz CT molecular complexity index is 245. The molecule has 3 heteroatoms. The summed E-state index contributed by atoms with van der Waals surface area (Å²) in [6.45, 7) is 5.83. The van der Waals surface area contributed by atoms with Gasteiger partial charge in [-0.1, -0.05) is 13.0 Å². The summed E-state index contributed by atoms with van der Waals surface area (Å²) in [5, 5.41) is 9.65. The Morgan fingerprint density at radius 2 is 2.15 bits per heavy atom. The number of fused-ring (bicyclic) bond motifs is 1. The zero-order valence-corrected chi connectivity index (χ0v) is 8.28. The van der Waals surface area contributed by atoms with E-state index < -0.39 is 11.9 Å². The topological polar surface area (TPSA) is 38.7 Å². The van der Waals surface area contributed by atoms with Crippen molar-refractivity contribution in [2.24, 2.45) is 0 Å². The van der Waals surface area contributed by atoms with Crippen LogP contribution in [0.5, 0.6) is 0 Å². The molecular weight excluding hydrogens is 168 g/mol. The van der Waals surface area contributed by atoms with E-state index in [-0.39, 0.29) is 12.2 Å². The van der Waals surface area contributed by atoms with Crippen molar-refractivity contribution in [3.05, 3.63) is 11.6 Å². The van der Waals surface area contributed by atoms with E-state index in [1.807, 2.05) is 19.9 Å². The highest BCUT2D eigenvalue weighted by Gasteiger charge is 2.48. The third kappa shape index (κ3) is 1.41. The van der Waals surface area contributed by atoms with Gasteiger partial charge in [0, 0.05) is 0 Å². The molecule has 2 rings (SSSR count). The summed E-state index contributed by atoms with van der Waals surface area (Å²) in [6.07, 6.45) is 2.05. The zero-order chi connectivity index (χ0) is 9.64. The number of aliphatic hydroxyl groups is 1. The molecule has 1 fully saturated rings. The first kappa shape index (κ1) is 9.19. The Morgan fingerprint density at radius 1 is 1.46 bits per heavy atom. The predicted molar refractivity (Wildman–Crippen MR) is 48.2 cm³/mol. The molecule has 0 saturated carbocycles. The lowest BCUT2D eigenvalue weighted by Gasteiger charge is -2.18. The molecule has 1 N–H and O–H groups in total. The third-order valence-corrected chi connectivity index (χ3v) is 2.62. The van der Waals surface area contributed by atoms with Crippen molar-refractivity contribution in [2.45, 2.75) is 51.3 Å². The van der Waals surface area contributed by atoms with Crippen LogP contribution in [-0.4, -0.2) is 29.2 Å². The monoisotopic (exact) mass is 184 g/mol. The van der Waals surface area contributed by atoms with Gasteiger partial charge in [-0.25, -0.2) is 0 Å². The van der Waals surface area contributed by atoms with Crippen LogP contribution in [0.4, 0.5) is 0 Å². The average molecular weight is 184 g/mol. The number of ether oxygens (including phenoxy) is 2. The molecule has 3 nitrogen and oxygen atoms in total. The van der Waals surface area contributed by atoms with Crippen LogP contribution < -0.4 is 0 Å². The first-order chi connectivity index (χ1) is 6.03. The summed E-state index contributed by atoms with van der Waals surface area (Å²) < 4.78 is 11.3. The highest BCUT2D eigenvalue weighted by atomic mass is 16.8. The fraction of sp³-hybridized carbons (Fsp3) is 0.800. The molecule has 1 heterocycles. The Balaban J connectivity index is 2.19. The summed E-state index contributed by atoms with van der Waals surface area (Å²) in [4.78, 5) is 0. The third-order valence-electron chi connectivity index (χ3n) is 2.62. The van der Waals surface area contributed by atoms with Crippen molar-refractivity contribution < 1.29 is 14.6 Å². The molecule has 13 heavy (non-hydrogen) atoms. The molecule has 1 aliphatic carbocycles. The van der Waals surface area contributed by atoms with E-state index in [0.29, 0.717) is 0 Å². The molecule has 3 atom stereocenters. The van der Waals surface area contributed by atoms with E-state index in [1.54, 1.807) is 0 Å². The van der Waals surface area contributed by atoms with Gasteiger partial charge in [0.05, 0.1) is 0 Å². The minimum absolute atomic E-state index is 0.0324. The molecule has 0 aromatic heterocycles. The predicted octanol–water partition coefficient (Wildman–Crippen LogP) is 1.22. The minimum Gasteiger partial charge on any atom is -0.386 e. The van der Waals surface area contributed by atoms with Crippen LogP contribution in [0.3, 0.4) is 0 Å². The van der Waals surface area contributed by atoms with E-state index in [4.69, 9.17) is 9.47 Å². The Labute approximate surface area is 78.3 Å². The molecule has 0 amide bonds. The van der Waals surface area contributed by atoms with Gasteiger partial charge in [-0.2, -0.15) is 0 Å². The molecule has 0 bridgehead atoms. The Hall–Kier alpha value is -0.380. The normalized spacial score (nSPS) is 41.8. The molecule has 2 aliphatic rings. The van der Waals surface area contributed by atoms with Crippen molar-refractivity contribution in [3.63, 3.8) is 0 Å². The Morgan fingerprint density at radius 3 is 2.77 bits per heavy atom. The molecular formula is C10H16O3. The fourth-order valence-electron chi connectivity index (χ4n) is 2.05. The fourth-order valence-corrected chi connectivity index (χ4v) is 2.05. The van der Waals surface area contributed by atoms with Gasteiger partial charge in [0.1, 0.15) is 18.3 Å². The first-order valence-corrected chi connectivity index (χ1v) is 4.78. The van der Waals surface area contributed by atoms with Gasteiger partial charge >= 0.3 is 0 Å². The lowest BCUT2D eigenvalue weighted by Crippen LogP contribution is -2.29. The van der Waals surface area contributed by atoms with Crippen molar-refractivity contribution >= 4 is 0 Å². The number of hydrogen-bond donors (Lipinski definition) is 1. The molecule has 0 spiro atoms. The van der Waals surface area contributed by atoms with Crippen molar-refractivity contribution in [3.8, 4) is 0 Å². The number of rotatable bonds is 1. The maximum Gasteiger partial charge on any atom is 0.164 e. The SMILES string of the molecule is CCC1=CC(O)C2OC(C)(C)OC12. The van der Waals surface area contributed by atoms with Crippen LogP contribution in [0, 0.1) is 0 Å². The molecule has 1 saturated heterocycles. The van der Waals surface area contributed by atoms with E-state index in [2.05, 4.69) is 6.92 Å². The number of hydrogen-bond acceptors (Lipinski definition) is 3. The standard InChI is InChI=1S/C10H16O3/c1-4-6-5-7(11)9-8(6)12-10(2,3)13-9/h5,7-9,11H,4H2,1-3H3. The maximum atomic E-state index is 9.65. The molecule has 3 unspecified atom stereocenters. The number of aliphatic hydroxyl groups excluding tert-OH is 1. The summed E-state index contributed by atoms with van der Waals surface area (Å²) in [6, 6.07) is 0. The highest BCUT2D eigenvalue weighted by molar-refractivity contribution is 5.24. The second-order valence-corrected chi connectivity index (χ2v) is 4.11. The summed E-state index contributed by atoms with van der Waals surface area (Å²) in [5.74, 6) is -0.551. The molecule has 0 aromatic carbocycles. The largest absolute Gasteiger partial charge is 0.386 e. The van der Waals surface area contributed by atoms with Gasteiger partial charge in [0.2, 0.25) is 0 Å². The lowest BCUT2D eigenvalue weighted by atomic mass is 10.1. The second-order valence-electron chi connectivity index (χ2n) is 4.11. The molecule has 0 aromatic rings. The van der Waals surface area contributed by atoms with E-state index in [9.17, 15) is 5.11 Å². The lowest BCUT2D eigenvalue weighted by molar-refractivity contribution is -0.152. The van der Waals surface area contributed by atoms with Gasteiger partial charge in [-0.3, -0.25) is 0 Å². The first-order valence-electron chi connectivity index (χ1n) is 4.78. The van der Waals surface area contributed by atoms with E-state index >= 15 is 0 Å². The van der Waals surface area contributed by atoms with Crippen LogP contribution in [0.25, 0.3) is 0 Å². The average Bonchev–Trinajstić information content (AvgIpc) is 2.47. The van der Waals surface area contributed by atoms with Gasteiger partial charge in [-0.05, 0) is 25.8 Å². The van der Waals surface area contributed by atoms with E-state index in [0.717, 1.165) is 12.0 Å². The molecule has 74 valence electrons. The van der Waals surface area contributed by atoms with Crippen LogP contribution in [0.15, 0.2) is 11.6 Å². The second kappa shape index (κ2) is 2.80. The zero-order valence-electron chi connectivity index (χ0n) is 8.28. The molecule has 0 radical (unpaired) electrons. The van der Waals surface area contributed by atoms with E-state index in [1.165, 1.54) is 0 Å². The summed E-state index contributed by atoms with van der Waals surface area (Å²) >= 11 is 0. The van der Waals surface area contributed by atoms with Crippen molar-refractivity contribution in [2.75, 3.05) is 0 Å². The summed E-state index contributed by atoms with van der Waals surface area (Å²) in [5.41, 5.74) is 1.16. The van der Waals surface area contributed by atoms with Crippen molar-refractivity contribution in [1.29, 1.82) is 0 Å². The highest BCUT2D eigenvalue weighted by Crippen LogP contribution is 2.39. The van der Waals surface area contributed by atoms with Gasteiger partial charge in [0.15, 0.2) is 5.79 Å². The quantitative estimate of drug-likeness (QED) is 0.623. The van der Waals surface area contributed by atoms with Crippen LogP contribution >= 0.6 is 0 Å². The smallest absolute Gasteiger partial charge is 0.164 e.